The molecule has 1 saturated carbocycles. The highest BCUT2D eigenvalue weighted by Gasteiger charge is 2.14. The largest absolute Gasteiger partial charge is 0.0991 e. The van der Waals surface area contributed by atoms with Crippen LogP contribution in [0.2, 0.25) is 0 Å². The normalized spacial score (nSPS) is 14.8. The molecule has 2 rings (SSSR count). The number of hydrogen-bond donors (Lipinski definition) is 0. The third-order valence-corrected chi connectivity index (χ3v) is 4.16. The zero-order valence-corrected chi connectivity index (χ0v) is 14.8. The summed E-state index contributed by atoms with van der Waals surface area (Å²) < 4.78 is 0. The Morgan fingerprint density at radius 3 is 1.75 bits per heavy atom. The van der Waals surface area contributed by atoms with E-state index in [4.69, 9.17) is 0 Å². The van der Waals surface area contributed by atoms with Crippen molar-refractivity contribution in [1.82, 2.24) is 0 Å². The Labute approximate surface area is 148 Å². The molecule has 1 aliphatic rings. The third-order valence-electron chi connectivity index (χ3n) is 4.16. The lowest BCUT2D eigenvalue weighted by molar-refractivity contribution is 0.443. The molecular formula is C24H30. The van der Waals surface area contributed by atoms with Gasteiger partial charge in [0.1, 0.15) is 0 Å². The Morgan fingerprint density at radius 1 is 0.792 bits per heavy atom. The van der Waals surface area contributed by atoms with Crippen LogP contribution in [-0.4, -0.2) is 0 Å². The van der Waals surface area contributed by atoms with E-state index in [-0.39, 0.29) is 0 Å². The predicted molar refractivity (Wildman–Crippen MR) is 109 cm³/mol. The van der Waals surface area contributed by atoms with Crippen molar-refractivity contribution in [2.24, 2.45) is 0 Å². The molecule has 0 N–H and O–H groups in total. The fourth-order valence-corrected chi connectivity index (χ4v) is 2.74. The summed E-state index contributed by atoms with van der Waals surface area (Å²) in [6.07, 6.45) is 17.9. The van der Waals surface area contributed by atoms with Crippen LogP contribution in [0.5, 0.6) is 0 Å². The Bertz CT molecular complexity index is 550. The minimum atomic E-state index is 0.861. The summed E-state index contributed by atoms with van der Waals surface area (Å²) in [5.41, 5.74) is 3.32. The van der Waals surface area contributed by atoms with E-state index in [2.05, 4.69) is 56.6 Å². The summed E-state index contributed by atoms with van der Waals surface area (Å²) >= 11 is 0. The smallest absolute Gasteiger partial charge is 0.0162 e. The highest BCUT2D eigenvalue weighted by molar-refractivity contribution is 5.43. The molecule has 1 aromatic carbocycles. The van der Waals surface area contributed by atoms with Crippen molar-refractivity contribution in [1.29, 1.82) is 0 Å². The quantitative estimate of drug-likeness (QED) is 0.482. The molecule has 0 spiro atoms. The first-order valence-electron chi connectivity index (χ1n) is 8.70. The molecule has 0 heteroatoms. The molecule has 0 radical (unpaired) electrons. The van der Waals surface area contributed by atoms with Crippen LogP contribution in [0.15, 0.2) is 104 Å². The van der Waals surface area contributed by atoms with Gasteiger partial charge in [0.15, 0.2) is 0 Å². The summed E-state index contributed by atoms with van der Waals surface area (Å²) in [5.74, 6) is 0.861. The van der Waals surface area contributed by atoms with Crippen LogP contribution in [0.3, 0.4) is 0 Å². The van der Waals surface area contributed by atoms with E-state index in [0.717, 1.165) is 17.1 Å². The van der Waals surface area contributed by atoms with Gasteiger partial charge >= 0.3 is 0 Å². The summed E-state index contributed by atoms with van der Waals surface area (Å²) in [7, 11) is 0. The second-order valence-electron chi connectivity index (χ2n) is 5.99. The first kappa shape index (κ1) is 19.7. The first-order valence-corrected chi connectivity index (χ1v) is 8.70. The Kier molecular flexibility index (Phi) is 9.96. The molecule has 126 valence electrons. The third kappa shape index (κ3) is 7.78. The predicted octanol–water partition coefficient (Wildman–Crippen LogP) is 7.32. The summed E-state index contributed by atoms with van der Waals surface area (Å²) in [6, 6.07) is 11.0. The van der Waals surface area contributed by atoms with Gasteiger partial charge in [0, 0.05) is 0 Å². The van der Waals surface area contributed by atoms with E-state index < -0.39 is 0 Å². The van der Waals surface area contributed by atoms with Gasteiger partial charge in [0.25, 0.3) is 0 Å². The lowest BCUT2D eigenvalue weighted by Crippen LogP contribution is -2.03. The monoisotopic (exact) mass is 318 g/mol. The zero-order valence-electron chi connectivity index (χ0n) is 14.8. The van der Waals surface area contributed by atoms with Crippen molar-refractivity contribution in [2.75, 3.05) is 0 Å². The molecule has 1 aromatic rings. The van der Waals surface area contributed by atoms with Gasteiger partial charge < -0.3 is 0 Å². The second kappa shape index (κ2) is 12.1. The van der Waals surface area contributed by atoms with Gasteiger partial charge in [-0.3, -0.25) is 0 Å². The molecule has 0 aromatic heterocycles. The average molecular weight is 319 g/mol. The molecule has 1 fully saturated rings. The molecule has 0 bridgehead atoms. The highest BCUT2D eigenvalue weighted by Crippen LogP contribution is 2.32. The van der Waals surface area contributed by atoms with Crippen LogP contribution >= 0.6 is 0 Å². The van der Waals surface area contributed by atoms with E-state index in [1.165, 1.54) is 32.1 Å². The SMILES string of the molecule is C=C/C=C\C(=C)C(=C)/C=C\C=C.c1ccc(C2CCCCC2)cc1. The van der Waals surface area contributed by atoms with E-state index in [1.54, 1.807) is 17.7 Å². The molecule has 0 nitrogen and oxygen atoms in total. The van der Waals surface area contributed by atoms with Crippen LogP contribution in [0.25, 0.3) is 0 Å². The second-order valence-corrected chi connectivity index (χ2v) is 5.99. The standard InChI is InChI=1S/C12H16.C12H14/c1-3-7-11(8-4-1)12-9-5-2-6-10-12;1-5-7-9-11(3)12(4)10-8-6-2/h1,3-4,7-8,12H,2,5-6,9-10H2;5-10H,1-4H2/b;9-7-,10-8-. The number of rotatable bonds is 6. The van der Waals surface area contributed by atoms with Crippen LogP contribution in [0.1, 0.15) is 43.6 Å². The number of benzene rings is 1. The van der Waals surface area contributed by atoms with E-state index in [1.807, 2.05) is 24.3 Å². The van der Waals surface area contributed by atoms with Crippen molar-refractivity contribution in [2.45, 2.75) is 38.0 Å². The molecule has 0 unspecified atom stereocenters. The van der Waals surface area contributed by atoms with E-state index >= 15 is 0 Å². The van der Waals surface area contributed by atoms with E-state index in [0.29, 0.717) is 0 Å². The van der Waals surface area contributed by atoms with Crippen molar-refractivity contribution < 1.29 is 0 Å². The summed E-state index contributed by atoms with van der Waals surface area (Å²) in [4.78, 5) is 0. The Morgan fingerprint density at radius 2 is 1.29 bits per heavy atom. The van der Waals surface area contributed by atoms with Crippen LogP contribution in [-0.2, 0) is 0 Å². The molecule has 1 aliphatic carbocycles. The molecule has 24 heavy (non-hydrogen) atoms. The summed E-state index contributed by atoms with van der Waals surface area (Å²) in [5, 5.41) is 0. The van der Waals surface area contributed by atoms with Crippen molar-refractivity contribution in [3.63, 3.8) is 0 Å². The van der Waals surface area contributed by atoms with Gasteiger partial charge in [-0.25, -0.2) is 0 Å². The van der Waals surface area contributed by atoms with Crippen molar-refractivity contribution in [3.05, 3.63) is 110 Å². The highest BCUT2D eigenvalue weighted by atomic mass is 14.2. The van der Waals surface area contributed by atoms with Gasteiger partial charge in [-0.05, 0) is 35.5 Å². The lowest BCUT2D eigenvalue weighted by atomic mass is 9.84. The maximum atomic E-state index is 3.83. The van der Waals surface area contributed by atoms with Crippen LogP contribution < -0.4 is 0 Å². The minimum Gasteiger partial charge on any atom is -0.0991 e. The van der Waals surface area contributed by atoms with E-state index in [9.17, 15) is 0 Å². The summed E-state index contributed by atoms with van der Waals surface area (Å²) in [6.45, 7) is 14.8. The molecular weight excluding hydrogens is 288 g/mol. The van der Waals surface area contributed by atoms with Gasteiger partial charge in [-0.2, -0.15) is 0 Å². The fourth-order valence-electron chi connectivity index (χ4n) is 2.74. The minimum absolute atomic E-state index is 0.861. The van der Waals surface area contributed by atoms with Crippen LogP contribution in [0.4, 0.5) is 0 Å². The fraction of sp³-hybridized carbons (Fsp3) is 0.250. The average Bonchev–Trinajstić information content (AvgIpc) is 2.66. The maximum absolute atomic E-state index is 3.83. The van der Waals surface area contributed by atoms with Gasteiger partial charge in [0.05, 0.1) is 0 Å². The molecule has 0 heterocycles. The molecule has 0 amide bonds. The number of hydrogen-bond acceptors (Lipinski definition) is 0. The van der Waals surface area contributed by atoms with Gasteiger partial charge in [0.2, 0.25) is 0 Å². The molecule has 0 aliphatic heterocycles. The Hall–Kier alpha value is -2.34. The first-order chi connectivity index (χ1) is 11.7. The Balaban J connectivity index is 0.000000240. The zero-order chi connectivity index (χ0) is 17.6. The van der Waals surface area contributed by atoms with Gasteiger partial charge in [-0.15, -0.1) is 0 Å². The van der Waals surface area contributed by atoms with Crippen molar-refractivity contribution >= 4 is 0 Å². The molecule has 0 saturated heterocycles. The lowest BCUT2D eigenvalue weighted by Gasteiger charge is -2.21. The maximum Gasteiger partial charge on any atom is -0.0162 e. The number of allylic oxidation sites excluding steroid dienone is 8. The van der Waals surface area contributed by atoms with Gasteiger partial charge in [-0.1, -0.05) is 112 Å². The van der Waals surface area contributed by atoms with Crippen LogP contribution in [0, 0.1) is 0 Å². The van der Waals surface area contributed by atoms with Crippen molar-refractivity contribution in [3.8, 4) is 0 Å². The topological polar surface area (TPSA) is 0 Å². The molecule has 0 atom stereocenters.